The summed E-state index contributed by atoms with van der Waals surface area (Å²) in [5, 5.41) is 0.595. The summed E-state index contributed by atoms with van der Waals surface area (Å²) in [6.45, 7) is 4.05. The third kappa shape index (κ3) is 2.42. The van der Waals surface area contributed by atoms with Crippen molar-refractivity contribution in [2.45, 2.75) is 20.4 Å². The van der Waals surface area contributed by atoms with Crippen molar-refractivity contribution in [1.29, 1.82) is 0 Å². The Balaban J connectivity index is 2.15. The summed E-state index contributed by atoms with van der Waals surface area (Å²) < 4.78 is 1.22. The van der Waals surface area contributed by atoms with Crippen molar-refractivity contribution < 1.29 is 0 Å². The van der Waals surface area contributed by atoms with Crippen LogP contribution in [0.5, 0.6) is 0 Å². The Morgan fingerprint density at radius 2 is 2.18 bits per heavy atom. The molecule has 0 saturated carbocycles. The number of H-pyrrole nitrogens is 1. The van der Waals surface area contributed by atoms with Gasteiger partial charge in [-0.25, -0.2) is 4.79 Å². The molecule has 0 saturated heterocycles. The number of fused-ring (bicyclic) bond motifs is 1. The van der Waals surface area contributed by atoms with Crippen molar-refractivity contribution >= 4 is 33.7 Å². The molecule has 112 valence electrons. The van der Waals surface area contributed by atoms with E-state index in [0.29, 0.717) is 16.8 Å². The monoisotopic (exact) mass is 313 g/mol. The zero-order chi connectivity index (χ0) is 15.7. The first-order valence-corrected chi connectivity index (χ1v) is 7.77. The van der Waals surface area contributed by atoms with E-state index in [1.165, 1.54) is 15.9 Å². The largest absolute Gasteiger partial charge is 0.329 e. The molecule has 3 heterocycles. The fraction of sp³-hybridized carbons (Fsp3) is 0.188. The van der Waals surface area contributed by atoms with Crippen LogP contribution in [0.4, 0.5) is 0 Å². The van der Waals surface area contributed by atoms with E-state index in [-0.39, 0.29) is 11.2 Å². The predicted molar refractivity (Wildman–Crippen MR) is 90.3 cm³/mol. The van der Waals surface area contributed by atoms with Gasteiger partial charge in [0.25, 0.3) is 5.56 Å². The first-order chi connectivity index (χ1) is 10.6. The second kappa shape index (κ2) is 5.73. The summed E-state index contributed by atoms with van der Waals surface area (Å²) in [7, 11) is 0. The number of aromatic amines is 1. The van der Waals surface area contributed by atoms with E-state index >= 15 is 0 Å². The Bertz CT molecular complexity index is 965. The van der Waals surface area contributed by atoms with Crippen LogP contribution in [-0.4, -0.2) is 14.5 Å². The smallest absolute Gasteiger partial charge is 0.298 e. The molecule has 0 radical (unpaired) electrons. The normalized spacial score (nSPS) is 11.5. The third-order valence-electron chi connectivity index (χ3n) is 3.54. The van der Waals surface area contributed by atoms with Gasteiger partial charge in [0.2, 0.25) is 0 Å². The average molecular weight is 313 g/mol. The predicted octanol–water partition coefficient (Wildman–Crippen LogP) is 2.65. The van der Waals surface area contributed by atoms with E-state index in [9.17, 15) is 9.59 Å². The highest BCUT2D eigenvalue weighted by Crippen LogP contribution is 2.27. The van der Waals surface area contributed by atoms with Crippen molar-refractivity contribution in [2.75, 3.05) is 0 Å². The quantitative estimate of drug-likeness (QED) is 0.808. The molecular weight excluding hydrogens is 298 g/mol. The first kappa shape index (κ1) is 14.5. The molecule has 1 N–H and O–H groups in total. The van der Waals surface area contributed by atoms with Crippen LogP contribution in [0.25, 0.3) is 22.4 Å². The Kier molecular flexibility index (Phi) is 3.77. The molecule has 0 atom stereocenters. The van der Waals surface area contributed by atoms with Gasteiger partial charge in [0.05, 0.1) is 5.39 Å². The number of aryl methyl sites for hydroxylation is 1. The van der Waals surface area contributed by atoms with Crippen molar-refractivity contribution in [2.24, 2.45) is 0 Å². The van der Waals surface area contributed by atoms with Gasteiger partial charge in [-0.05, 0) is 37.1 Å². The van der Waals surface area contributed by atoms with Crippen molar-refractivity contribution in [1.82, 2.24) is 14.5 Å². The molecule has 0 unspecified atom stereocenters. The second-order valence-electron chi connectivity index (χ2n) is 4.89. The van der Waals surface area contributed by atoms with Crippen LogP contribution >= 0.6 is 11.3 Å². The molecule has 5 nitrogen and oxygen atoms in total. The number of rotatable bonds is 3. The lowest BCUT2D eigenvalue weighted by Crippen LogP contribution is -2.34. The summed E-state index contributed by atoms with van der Waals surface area (Å²) in [6.07, 6.45) is 7.39. The SMILES string of the molecule is CCn1c(=O)[nH]c2sc(C=Cc3cccnc3)c(C)c2c1=O. The van der Waals surface area contributed by atoms with Gasteiger partial charge in [-0.15, -0.1) is 11.3 Å². The van der Waals surface area contributed by atoms with Gasteiger partial charge >= 0.3 is 5.69 Å². The number of thiophene rings is 1. The molecule has 0 fully saturated rings. The maximum Gasteiger partial charge on any atom is 0.329 e. The van der Waals surface area contributed by atoms with Gasteiger partial charge in [-0.2, -0.15) is 0 Å². The van der Waals surface area contributed by atoms with Crippen LogP contribution in [0.3, 0.4) is 0 Å². The molecule has 3 aromatic rings. The number of hydrogen-bond donors (Lipinski definition) is 1. The average Bonchev–Trinajstić information content (AvgIpc) is 2.83. The summed E-state index contributed by atoms with van der Waals surface area (Å²) in [6, 6.07) is 3.83. The summed E-state index contributed by atoms with van der Waals surface area (Å²) in [5.41, 5.74) is 1.29. The van der Waals surface area contributed by atoms with E-state index in [4.69, 9.17) is 0 Å². The van der Waals surface area contributed by atoms with Gasteiger partial charge in [0.1, 0.15) is 4.83 Å². The lowest BCUT2D eigenvalue weighted by atomic mass is 10.2. The van der Waals surface area contributed by atoms with E-state index in [1.807, 2.05) is 31.2 Å². The van der Waals surface area contributed by atoms with Crippen LogP contribution < -0.4 is 11.2 Å². The van der Waals surface area contributed by atoms with E-state index in [1.54, 1.807) is 19.3 Å². The molecule has 3 aromatic heterocycles. The standard InChI is InChI=1S/C16H15N3O2S/c1-3-19-15(20)13-10(2)12(22-14(13)18-16(19)21)7-6-11-5-4-8-17-9-11/h4-9H,3H2,1-2H3,(H,18,21). The van der Waals surface area contributed by atoms with Crippen molar-refractivity contribution in [3.63, 3.8) is 0 Å². The van der Waals surface area contributed by atoms with Crippen molar-refractivity contribution in [3.8, 4) is 0 Å². The first-order valence-electron chi connectivity index (χ1n) is 6.96. The van der Waals surface area contributed by atoms with E-state index in [2.05, 4.69) is 9.97 Å². The molecule has 0 amide bonds. The van der Waals surface area contributed by atoms with Crippen LogP contribution in [-0.2, 0) is 6.54 Å². The Labute approximate surface area is 130 Å². The highest BCUT2D eigenvalue weighted by molar-refractivity contribution is 7.19. The van der Waals surface area contributed by atoms with Gasteiger partial charge in [-0.1, -0.05) is 12.1 Å². The molecule has 0 aliphatic carbocycles. The lowest BCUT2D eigenvalue weighted by Gasteiger charge is -2.00. The fourth-order valence-corrected chi connectivity index (χ4v) is 3.45. The van der Waals surface area contributed by atoms with Crippen LogP contribution in [0.1, 0.15) is 22.9 Å². The molecule has 22 heavy (non-hydrogen) atoms. The summed E-state index contributed by atoms with van der Waals surface area (Å²) in [4.78, 5) is 32.7. The van der Waals surface area contributed by atoms with Crippen LogP contribution in [0, 0.1) is 6.92 Å². The summed E-state index contributed by atoms with van der Waals surface area (Å²) in [5.74, 6) is 0. The highest BCUT2D eigenvalue weighted by Gasteiger charge is 2.13. The van der Waals surface area contributed by atoms with Gasteiger partial charge in [0.15, 0.2) is 0 Å². The van der Waals surface area contributed by atoms with E-state index < -0.39 is 0 Å². The molecule has 0 aromatic carbocycles. The minimum absolute atomic E-state index is 0.226. The topological polar surface area (TPSA) is 67.8 Å². The number of hydrogen-bond acceptors (Lipinski definition) is 4. The highest BCUT2D eigenvalue weighted by atomic mass is 32.1. The van der Waals surface area contributed by atoms with Crippen LogP contribution in [0.15, 0.2) is 34.1 Å². The fourth-order valence-electron chi connectivity index (χ4n) is 2.36. The number of nitrogens with one attached hydrogen (secondary N) is 1. The molecule has 3 rings (SSSR count). The Morgan fingerprint density at radius 1 is 1.36 bits per heavy atom. The molecule has 0 spiro atoms. The minimum atomic E-state index is -0.357. The molecule has 0 aliphatic rings. The van der Waals surface area contributed by atoms with Crippen LogP contribution in [0.2, 0.25) is 0 Å². The molecule has 0 aliphatic heterocycles. The van der Waals surface area contributed by atoms with Gasteiger partial charge in [-0.3, -0.25) is 19.3 Å². The van der Waals surface area contributed by atoms with Gasteiger partial charge < -0.3 is 0 Å². The molecule has 6 heteroatoms. The minimum Gasteiger partial charge on any atom is -0.298 e. The van der Waals surface area contributed by atoms with Gasteiger partial charge in [0, 0.05) is 23.8 Å². The van der Waals surface area contributed by atoms with E-state index in [0.717, 1.165) is 16.0 Å². The lowest BCUT2D eigenvalue weighted by molar-refractivity contribution is 0.685. The molecular formula is C16H15N3O2S. The number of aromatic nitrogens is 3. The molecule has 0 bridgehead atoms. The zero-order valence-electron chi connectivity index (χ0n) is 12.3. The maximum atomic E-state index is 12.4. The second-order valence-corrected chi connectivity index (χ2v) is 5.95. The summed E-state index contributed by atoms with van der Waals surface area (Å²) >= 11 is 1.41. The zero-order valence-corrected chi connectivity index (χ0v) is 13.1. The van der Waals surface area contributed by atoms with Crippen molar-refractivity contribution in [3.05, 3.63) is 61.4 Å². The Morgan fingerprint density at radius 3 is 2.86 bits per heavy atom. The maximum absolute atomic E-state index is 12.4. The Hall–Kier alpha value is -2.47. The number of nitrogens with zero attached hydrogens (tertiary/aromatic N) is 2. The number of pyridine rings is 1. The third-order valence-corrected chi connectivity index (χ3v) is 4.71.